The Kier molecular flexibility index (Phi) is 11.5. The Balaban J connectivity index is 2.01. The second-order valence-corrected chi connectivity index (χ2v) is 12.3. The molecule has 0 aromatic heterocycles. The van der Waals surface area contributed by atoms with Crippen LogP contribution < -0.4 is 9.61 Å². The third-order valence-electron chi connectivity index (χ3n) is 4.89. The lowest BCUT2D eigenvalue weighted by molar-refractivity contribution is -0.196. The molecule has 1 saturated heterocycles. The van der Waals surface area contributed by atoms with Crippen LogP contribution in [0.25, 0.3) is 0 Å². The average molecular weight is 472 g/mol. The van der Waals surface area contributed by atoms with E-state index in [9.17, 15) is 0 Å². The molecule has 3 unspecified atom stereocenters. The fourth-order valence-corrected chi connectivity index (χ4v) is 6.56. The van der Waals surface area contributed by atoms with Crippen molar-refractivity contribution in [1.29, 1.82) is 0 Å². The largest absolute Gasteiger partial charge is 0.433 e. The van der Waals surface area contributed by atoms with Gasteiger partial charge in [-0.3, -0.25) is 0 Å². The van der Waals surface area contributed by atoms with Crippen molar-refractivity contribution in [2.24, 2.45) is 0 Å². The van der Waals surface area contributed by atoms with Crippen LogP contribution in [0.5, 0.6) is 5.75 Å². The first-order valence-corrected chi connectivity index (χ1v) is 14.5. The lowest BCUT2D eigenvalue weighted by Crippen LogP contribution is -2.40. The summed E-state index contributed by atoms with van der Waals surface area (Å²) in [5, 5.41) is 3.39. The highest BCUT2D eigenvalue weighted by Gasteiger charge is 2.33. The summed E-state index contributed by atoms with van der Waals surface area (Å²) < 4.78 is 24.4. The molecule has 178 valence electrons. The topological polar surface area (TPSA) is 49.0 Å². The van der Waals surface area contributed by atoms with E-state index in [-0.39, 0.29) is 12.5 Å². The SMILES string of the molecule is CCCCCCc1ccc(OP(=S)(NC2CCCC(OCCC)O2)OC(C)(C)C)cc1. The highest BCUT2D eigenvalue weighted by atomic mass is 32.5. The predicted octanol–water partition coefficient (Wildman–Crippen LogP) is 7.10. The average Bonchev–Trinajstić information content (AvgIpc) is 2.69. The molecule has 7 heteroatoms. The Labute approximate surface area is 194 Å². The first kappa shape index (κ1) is 26.8. The van der Waals surface area contributed by atoms with E-state index in [1.807, 2.05) is 32.9 Å². The van der Waals surface area contributed by atoms with Crippen molar-refractivity contribution in [3.05, 3.63) is 29.8 Å². The van der Waals surface area contributed by atoms with Crippen LogP contribution in [0.4, 0.5) is 0 Å². The Morgan fingerprint density at radius 1 is 1.06 bits per heavy atom. The third-order valence-corrected chi connectivity index (χ3v) is 7.50. The molecule has 0 spiro atoms. The van der Waals surface area contributed by atoms with Crippen molar-refractivity contribution in [1.82, 2.24) is 5.09 Å². The molecule has 0 amide bonds. The highest BCUT2D eigenvalue weighted by molar-refractivity contribution is 8.09. The van der Waals surface area contributed by atoms with E-state index in [0.29, 0.717) is 6.61 Å². The van der Waals surface area contributed by atoms with Crippen LogP contribution in [0, 0.1) is 0 Å². The second-order valence-electron chi connectivity index (χ2n) is 9.23. The van der Waals surface area contributed by atoms with Gasteiger partial charge in [-0.15, -0.1) is 0 Å². The molecule has 31 heavy (non-hydrogen) atoms. The van der Waals surface area contributed by atoms with Crippen molar-refractivity contribution in [2.45, 2.75) is 111 Å². The van der Waals surface area contributed by atoms with Crippen molar-refractivity contribution in [2.75, 3.05) is 6.61 Å². The Morgan fingerprint density at radius 3 is 2.45 bits per heavy atom. The molecule has 0 aliphatic carbocycles. The van der Waals surface area contributed by atoms with Gasteiger partial charge in [-0.1, -0.05) is 45.2 Å². The zero-order chi connectivity index (χ0) is 22.7. The van der Waals surface area contributed by atoms with Gasteiger partial charge in [0.1, 0.15) is 12.0 Å². The molecule has 1 aliphatic heterocycles. The summed E-state index contributed by atoms with van der Waals surface area (Å²) in [7, 11) is 0. The maximum atomic E-state index is 6.27. The standard InChI is InChI=1S/C24H42NO4PS/c1-6-8-9-10-12-20-15-17-21(18-16-20)28-30(31,29-24(3,4)5)25-22-13-11-14-23(27-22)26-19-7-2/h15-18,22-23H,6-14,19H2,1-5H3,(H,25,31). The maximum absolute atomic E-state index is 6.27. The van der Waals surface area contributed by atoms with Gasteiger partial charge in [0.2, 0.25) is 0 Å². The molecular formula is C24H42NO4PS. The summed E-state index contributed by atoms with van der Waals surface area (Å²) in [6.07, 6.45) is 9.48. The molecular weight excluding hydrogens is 429 g/mol. The molecule has 0 saturated carbocycles. The van der Waals surface area contributed by atoms with E-state index in [4.69, 9.17) is 30.3 Å². The van der Waals surface area contributed by atoms with Crippen LogP contribution >= 0.6 is 6.64 Å². The normalized spacial score (nSPS) is 21.6. The minimum Gasteiger partial charge on any atom is -0.433 e. The minimum absolute atomic E-state index is 0.198. The summed E-state index contributed by atoms with van der Waals surface area (Å²) >= 11 is 5.91. The van der Waals surface area contributed by atoms with E-state index in [0.717, 1.165) is 37.9 Å². The zero-order valence-corrected chi connectivity index (χ0v) is 21.7. The quantitative estimate of drug-likeness (QED) is 0.245. The molecule has 5 nitrogen and oxygen atoms in total. The zero-order valence-electron chi connectivity index (χ0n) is 20.0. The van der Waals surface area contributed by atoms with Gasteiger partial charge >= 0.3 is 6.64 Å². The van der Waals surface area contributed by atoms with Crippen LogP contribution in [0.2, 0.25) is 0 Å². The molecule has 2 rings (SSSR count). The van der Waals surface area contributed by atoms with Crippen molar-refractivity contribution in [3.63, 3.8) is 0 Å². The summed E-state index contributed by atoms with van der Waals surface area (Å²) in [6, 6.07) is 8.26. The highest BCUT2D eigenvalue weighted by Crippen LogP contribution is 2.49. The van der Waals surface area contributed by atoms with Gasteiger partial charge in [0.25, 0.3) is 0 Å². The summed E-state index contributed by atoms with van der Waals surface area (Å²) in [6.45, 7) is 8.19. The number of rotatable bonds is 13. The van der Waals surface area contributed by atoms with Gasteiger partial charge in [0.05, 0.1) is 5.60 Å². The van der Waals surface area contributed by atoms with E-state index < -0.39 is 12.2 Å². The van der Waals surface area contributed by atoms with Crippen LogP contribution in [-0.2, 0) is 32.2 Å². The summed E-state index contributed by atoms with van der Waals surface area (Å²) in [5.74, 6) is 0.729. The van der Waals surface area contributed by atoms with E-state index >= 15 is 0 Å². The first-order valence-electron chi connectivity index (χ1n) is 11.9. The molecule has 1 fully saturated rings. The van der Waals surface area contributed by atoms with Gasteiger partial charge in [0, 0.05) is 6.61 Å². The number of ether oxygens (including phenoxy) is 2. The number of unbranched alkanes of at least 4 members (excludes halogenated alkanes) is 3. The molecule has 1 aliphatic rings. The van der Waals surface area contributed by atoms with Crippen LogP contribution in [0.1, 0.15) is 91.5 Å². The van der Waals surface area contributed by atoms with Crippen molar-refractivity contribution in [3.8, 4) is 5.75 Å². The molecule has 3 atom stereocenters. The van der Waals surface area contributed by atoms with Gasteiger partial charge < -0.3 is 18.5 Å². The van der Waals surface area contributed by atoms with E-state index in [1.54, 1.807) is 0 Å². The summed E-state index contributed by atoms with van der Waals surface area (Å²) in [4.78, 5) is 0. The molecule has 0 bridgehead atoms. The number of aryl methyl sites for hydroxylation is 1. The van der Waals surface area contributed by atoms with Gasteiger partial charge in [0.15, 0.2) is 6.29 Å². The Morgan fingerprint density at radius 2 is 1.81 bits per heavy atom. The third kappa shape index (κ3) is 10.8. The van der Waals surface area contributed by atoms with Crippen LogP contribution in [-0.4, -0.2) is 24.7 Å². The number of hydrogen-bond acceptors (Lipinski definition) is 5. The molecule has 1 heterocycles. The fourth-order valence-electron chi connectivity index (χ4n) is 3.48. The lowest BCUT2D eigenvalue weighted by atomic mass is 10.1. The van der Waals surface area contributed by atoms with Gasteiger partial charge in [-0.25, -0.2) is 5.09 Å². The van der Waals surface area contributed by atoms with Crippen molar-refractivity contribution >= 4 is 18.4 Å². The van der Waals surface area contributed by atoms with E-state index in [2.05, 4.69) is 31.1 Å². The predicted molar refractivity (Wildman–Crippen MR) is 132 cm³/mol. The number of nitrogens with one attached hydrogen (secondary N) is 1. The number of benzene rings is 1. The summed E-state index contributed by atoms with van der Waals surface area (Å²) in [5.41, 5.74) is 0.891. The second kappa shape index (κ2) is 13.3. The van der Waals surface area contributed by atoms with Crippen LogP contribution in [0.3, 0.4) is 0 Å². The Bertz CT molecular complexity index is 677. The molecule has 1 N–H and O–H groups in total. The van der Waals surface area contributed by atoms with Gasteiger partial charge in [-0.2, -0.15) is 0 Å². The van der Waals surface area contributed by atoms with E-state index in [1.165, 1.54) is 31.2 Å². The lowest BCUT2D eigenvalue weighted by Gasteiger charge is -2.36. The smallest absolute Gasteiger partial charge is 0.315 e. The number of hydrogen-bond donors (Lipinski definition) is 1. The van der Waals surface area contributed by atoms with Gasteiger partial charge in [-0.05, 0) is 88.8 Å². The molecule has 1 aromatic rings. The Hall–Kier alpha value is -0.490. The van der Waals surface area contributed by atoms with Crippen LogP contribution in [0.15, 0.2) is 24.3 Å². The minimum atomic E-state index is -2.83. The fraction of sp³-hybridized carbons (Fsp3) is 0.750. The monoisotopic (exact) mass is 471 g/mol. The first-order chi connectivity index (χ1) is 14.7. The maximum Gasteiger partial charge on any atom is 0.315 e. The van der Waals surface area contributed by atoms with Crippen molar-refractivity contribution < 1.29 is 18.5 Å². The molecule has 0 radical (unpaired) electrons. The molecule has 1 aromatic carbocycles.